The number of carbonyl (C=O) groups excluding carboxylic acids is 3. The number of ether oxygens (including phenoxy) is 2. The molecule has 2 aromatic rings. The van der Waals surface area contributed by atoms with E-state index in [1.807, 2.05) is 0 Å². The molecule has 7 heteroatoms. The lowest BCUT2D eigenvalue weighted by Gasteiger charge is -2.10. The van der Waals surface area contributed by atoms with Gasteiger partial charge in [0.15, 0.2) is 0 Å². The molecule has 1 amide bonds. The van der Waals surface area contributed by atoms with Gasteiger partial charge in [-0.2, -0.15) is 0 Å². The Kier molecular flexibility index (Phi) is 6.16. The first-order chi connectivity index (χ1) is 12.3. The second kappa shape index (κ2) is 8.33. The maximum Gasteiger partial charge on any atom is 0.338 e. The van der Waals surface area contributed by atoms with Gasteiger partial charge in [0.1, 0.15) is 11.5 Å². The number of carbonyl (C=O) groups is 3. The average molecular weight is 359 g/mol. The number of aryl methyl sites for hydroxylation is 2. The van der Waals surface area contributed by atoms with Crippen molar-refractivity contribution < 1.29 is 28.3 Å². The van der Waals surface area contributed by atoms with E-state index in [-0.39, 0.29) is 30.0 Å². The Labute approximate surface area is 151 Å². The number of amides is 1. The maximum absolute atomic E-state index is 12.5. The lowest BCUT2D eigenvalue weighted by molar-refractivity contribution is 0.0525. The number of nitrogens with one attached hydrogen (secondary N) is 1. The highest BCUT2D eigenvalue weighted by atomic mass is 16.5. The maximum atomic E-state index is 12.5. The summed E-state index contributed by atoms with van der Waals surface area (Å²) in [5.41, 5.74) is 0.948. The van der Waals surface area contributed by atoms with Gasteiger partial charge in [0, 0.05) is 5.69 Å². The van der Waals surface area contributed by atoms with Gasteiger partial charge in [-0.15, -0.1) is 0 Å². The van der Waals surface area contributed by atoms with Crippen LogP contribution in [0.25, 0.3) is 0 Å². The number of rotatable bonds is 6. The molecule has 2 rings (SSSR count). The molecule has 0 radical (unpaired) electrons. The first kappa shape index (κ1) is 19.2. The van der Waals surface area contributed by atoms with Crippen molar-refractivity contribution in [3.05, 3.63) is 52.5 Å². The van der Waals surface area contributed by atoms with E-state index in [0.717, 1.165) is 0 Å². The Morgan fingerprint density at radius 3 is 1.88 bits per heavy atom. The van der Waals surface area contributed by atoms with Gasteiger partial charge in [-0.3, -0.25) is 4.79 Å². The first-order valence-corrected chi connectivity index (χ1v) is 8.23. The molecule has 1 aromatic heterocycles. The van der Waals surface area contributed by atoms with Crippen LogP contribution < -0.4 is 5.32 Å². The summed E-state index contributed by atoms with van der Waals surface area (Å²) in [6.45, 7) is 7.17. The van der Waals surface area contributed by atoms with Crippen molar-refractivity contribution in [1.82, 2.24) is 0 Å². The topological polar surface area (TPSA) is 94.8 Å². The van der Waals surface area contributed by atoms with Gasteiger partial charge in [-0.1, -0.05) is 0 Å². The van der Waals surface area contributed by atoms with Gasteiger partial charge >= 0.3 is 11.9 Å². The van der Waals surface area contributed by atoms with Crippen LogP contribution in [0.2, 0.25) is 0 Å². The van der Waals surface area contributed by atoms with Crippen LogP contribution in [0.3, 0.4) is 0 Å². The molecule has 0 unspecified atom stereocenters. The van der Waals surface area contributed by atoms with Crippen molar-refractivity contribution in [2.24, 2.45) is 0 Å². The van der Waals surface area contributed by atoms with Gasteiger partial charge in [-0.05, 0) is 52.0 Å². The number of esters is 2. The number of benzene rings is 1. The molecule has 1 heterocycles. The normalized spacial score (nSPS) is 10.3. The molecule has 1 N–H and O–H groups in total. The van der Waals surface area contributed by atoms with Gasteiger partial charge in [-0.25, -0.2) is 9.59 Å². The van der Waals surface area contributed by atoms with Crippen LogP contribution in [0.1, 0.15) is 56.4 Å². The molecular weight excluding hydrogens is 338 g/mol. The molecule has 7 nitrogen and oxygen atoms in total. The number of anilines is 1. The van der Waals surface area contributed by atoms with Crippen molar-refractivity contribution in [1.29, 1.82) is 0 Å². The fraction of sp³-hybridized carbons (Fsp3) is 0.316. The largest absolute Gasteiger partial charge is 0.466 e. The predicted octanol–water partition coefficient (Wildman–Crippen LogP) is 3.50. The highest BCUT2D eigenvalue weighted by Crippen LogP contribution is 2.20. The molecule has 0 atom stereocenters. The van der Waals surface area contributed by atoms with Gasteiger partial charge in [0.25, 0.3) is 5.91 Å². The van der Waals surface area contributed by atoms with E-state index in [2.05, 4.69) is 5.32 Å². The van der Waals surface area contributed by atoms with E-state index in [4.69, 9.17) is 13.9 Å². The van der Waals surface area contributed by atoms with E-state index in [1.54, 1.807) is 33.8 Å². The van der Waals surface area contributed by atoms with Crippen molar-refractivity contribution in [3.8, 4) is 0 Å². The van der Waals surface area contributed by atoms with E-state index < -0.39 is 17.8 Å². The molecule has 0 spiro atoms. The quantitative estimate of drug-likeness (QED) is 0.793. The summed E-state index contributed by atoms with van der Waals surface area (Å²) in [6.07, 6.45) is 0. The van der Waals surface area contributed by atoms with E-state index >= 15 is 0 Å². The minimum absolute atomic E-state index is 0.146. The van der Waals surface area contributed by atoms with Crippen molar-refractivity contribution in [2.45, 2.75) is 27.7 Å². The van der Waals surface area contributed by atoms with Crippen LogP contribution in [-0.4, -0.2) is 31.1 Å². The van der Waals surface area contributed by atoms with E-state index in [0.29, 0.717) is 17.1 Å². The second-order valence-electron chi connectivity index (χ2n) is 5.52. The smallest absolute Gasteiger partial charge is 0.338 e. The number of furan rings is 1. The summed E-state index contributed by atoms with van der Waals surface area (Å²) in [5, 5.41) is 2.67. The molecular formula is C19H21NO6. The standard InChI is InChI=1S/C19H21NO6/c1-5-24-18(22)13-8-14(19(23)25-6-2)10-15(9-13)20-17(21)16-7-11(3)26-12(16)4/h7-10H,5-6H2,1-4H3,(H,20,21). The third-order valence-corrected chi connectivity index (χ3v) is 3.50. The zero-order chi connectivity index (χ0) is 19.3. The average Bonchev–Trinajstić information content (AvgIpc) is 2.93. The Bertz CT molecular complexity index is 800. The van der Waals surface area contributed by atoms with E-state index in [1.165, 1.54) is 18.2 Å². The van der Waals surface area contributed by atoms with Gasteiger partial charge in [0.05, 0.1) is 29.9 Å². The fourth-order valence-electron chi connectivity index (χ4n) is 2.42. The molecule has 138 valence electrons. The molecule has 0 aliphatic rings. The Hall–Kier alpha value is -3.09. The Balaban J connectivity index is 2.36. The highest BCUT2D eigenvalue weighted by Gasteiger charge is 2.18. The molecule has 0 aliphatic carbocycles. The Morgan fingerprint density at radius 1 is 0.923 bits per heavy atom. The monoisotopic (exact) mass is 359 g/mol. The van der Waals surface area contributed by atoms with Crippen molar-refractivity contribution in [2.75, 3.05) is 18.5 Å². The van der Waals surface area contributed by atoms with Gasteiger partial charge < -0.3 is 19.2 Å². The molecule has 0 saturated heterocycles. The fourth-order valence-corrected chi connectivity index (χ4v) is 2.42. The Morgan fingerprint density at radius 2 is 1.46 bits per heavy atom. The summed E-state index contributed by atoms with van der Waals surface area (Å²) in [7, 11) is 0. The molecule has 0 bridgehead atoms. The molecule has 26 heavy (non-hydrogen) atoms. The summed E-state index contributed by atoms with van der Waals surface area (Å²) in [5.74, 6) is -0.503. The summed E-state index contributed by atoms with van der Waals surface area (Å²) in [6, 6.07) is 5.88. The number of hydrogen-bond acceptors (Lipinski definition) is 6. The zero-order valence-corrected chi connectivity index (χ0v) is 15.2. The van der Waals surface area contributed by atoms with Gasteiger partial charge in [0.2, 0.25) is 0 Å². The highest BCUT2D eigenvalue weighted by molar-refractivity contribution is 6.06. The summed E-state index contributed by atoms with van der Waals surface area (Å²) < 4.78 is 15.3. The van der Waals surface area contributed by atoms with Crippen LogP contribution in [0, 0.1) is 13.8 Å². The van der Waals surface area contributed by atoms with Crippen LogP contribution in [0.5, 0.6) is 0 Å². The van der Waals surface area contributed by atoms with Crippen LogP contribution in [-0.2, 0) is 9.47 Å². The minimum atomic E-state index is -0.593. The molecule has 1 aromatic carbocycles. The summed E-state index contributed by atoms with van der Waals surface area (Å²) in [4.78, 5) is 36.5. The molecule has 0 aliphatic heterocycles. The lowest BCUT2D eigenvalue weighted by atomic mass is 10.1. The summed E-state index contributed by atoms with van der Waals surface area (Å²) >= 11 is 0. The number of hydrogen-bond donors (Lipinski definition) is 1. The lowest BCUT2D eigenvalue weighted by Crippen LogP contribution is -2.15. The van der Waals surface area contributed by atoms with Crippen LogP contribution >= 0.6 is 0 Å². The van der Waals surface area contributed by atoms with Crippen LogP contribution in [0.15, 0.2) is 28.7 Å². The zero-order valence-electron chi connectivity index (χ0n) is 15.2. The minimum Gasteiger partial charge on any atom is -0.466 e. The second-order valence-corrected chi connectivity index (χ2v) is 5.52. The third kappa shape index (κ3) is 4.50. The predicted molar refractivity (Wildman–Crippen MR) is 94.5 cm³/mol. The van der Waals surface area contributed by atoms with Crippen molar-refractivity contribution in [3.63, 3.8) is 0 Å². The van der Waals surface area contributed by atoms with E-state index in [9.17, 15) is 14.4 Å². The van der Waals surface area contributed by atoms with Crippen LogP contribution in [0.4, 0.5) is 5.69 Å². The van der Waals surface area contributed by atoms with Crippen molar-refractivity contribution >= 4 is 23.5 Å². The third-order valence-electron chi connectivity index (χ3n) is 3.50. The SMILES string of the molecule is CCOC(=O)c1cc(NC(=O)c2cc(C)oc2C)cc(C(=O)OCC)c1. The first-order valence-electron chi connectivity index (χ1n) is 8.23. The molecule has 0 fully saturated rings. The molecule has 0 saturated carbocycles.